The Labute approximate surface area is 114 Å². The molecule has 0 aliphatic heterocycles. The first kappa shape index (κ1) is 13.8. The summed E-state index contributed by atoms with van der Waals surface area (Å²) in [4.78, 5) is 0. The van der Waals surface area contributed by atoms with Gasteiger partial charge in [0.15, 0.2) is 0 Å². The molecule has 2 heteroatoms. The van der Waals surface area contributed by atoms with Gasteiger partial charge >= 0.3 is 0 Å². The van der Waals surface area contributed by atoms with Crippen molar-refractivity contribution in [2.45, 2.75) is 32.7 Å². The molecule has 0 amide bonds. The Hall–Kier alpha value is -1.67. The fraction of sp³-hybridized carbons (Fsp3) is 0.294. The topological polar surface area (TPSA) is 26.0 Å². The number of halogens is 1. The van der Waals surface area contributed by atoms with Crippen LogP contribution in [0.3, 0.4) is 0 Å². The van der Waals surface area contributed by atoms with Crippen molar-refractivity contribution in [3.05, 3.63) is 70.5 Å². The van der Waals surface area contributed by atoms with E-state index < -0.39 is 0 Å². The minimum atomic E-state index is -0.273. The van der Waals surface area contributed by atoms with E-state index in [1.165, 1.54) is 17.7 Å². The molecule has 2 rings (SSSR count). The van der Waals surface area contributed by atoms with Crippen molar-refractivity contribution < 1.29 is 4.39 Å². The van der Waals surface area contributed by atoms with E-state index in [9.17, 15) is 4.39 Å². The van der Waals surface area contributed by atoms with E-state index in [1.807, 2.05) is 25.1 Å². The van der Waals surface area contributed by atoms with E-state index >= 15 is 0 Å². The molecule has 100 valence electrons. The summed E-state index contributed by atoms with van der Waals surface area (Å²) < 4.78 is 13.4. The van der Waals surface area contributed by atoms with Crippen LogP contribution in [0.5, 0.6) is 0 Å². The molecular weight excluding hydrogens is 237 g/mol. The standard InChI is InChI=1S/C17H20FN/c1-3-4-13-5-7-14(8-6-13)17(19)15-9-12(2)10-16(18)11-15/h5-11,17H,3-4,19H2,1-2H3. The van der Waals surface area contributed by atoms with Gasteiger partial charge in [-0.1, -0.05) is 43.7 Å². The van der Waals surface area contributed by atoms with Gasteiger partial charge in [0.05, 0.1) is 6.04 Å². The Morgan fingerprint density at radius 3 is 2.32 bits per heavy atom. The smallest absolute Gasteiger partial charge is 0.123 e. The quantitative estimate of drug-likeness (QED) is 0.875. The number of nitrogens with two attached hydrogens (primary N) is 1. The van der Waals surface area contributed by atoms with Crippen molar-refractivity contribution in [2.75, 3.05) is 0 Å². The van der Waals surface area contributed by atoms with Crippen LogP contribution in [0, 0.1) is 12.7 Å². The van der Waals surface area contributed by atoms with Gasteiger partial charge in [-0.15, -0.1) is 0 Å². The van der Waals surface area contributed by atoms with Gasteiger partial charge in [0, 0.05) is 0 Å². The van der Waals surface area contributed by atoms with E-state index in [0.717, 1.165) is 29.5 Å². The highest BCUT2D eigenvalue weighted by Gasteiger charge is 2.10. The van der Waals surface area contributed by atoms with Crippen molar-refractivity contribution in [2.24, 2.45) is 5.73 Å². The van der Waals surface area contributed by atoms with Gasteiger partial charge in [0.1, 0.15) is 5.82 Å². The average molecular weight is 257 g/mol. The van der Waals surface area contributed by atoms with Gasteiger partial charge < -0.3 is 5.73 Å². The molecule has 0 aliphatic carbocycles. The predicted molar refractivity (Wildman–Crippen MR) is 77.6 cm³/mol. The lowest BCUT2D eigenvalue weighted by atomic mass is 9.96. The SMILES string of the molecule is CCCc1ccc(C(N)c2cc(C)cc(F)c2)cc1. The average Bonchev–Trinajstić information content (AvgIpc) is 2.38. The number of benzene rings is 2. The first-order chi connectivity index (χ1) is 9.10. The third kappa shape index (κ3) is 3.42. The van der Waals surface area contributed by atoms with Crippen LogP contribution in [0.2, 0.25) is 0 Å². The summed E-state index contributed by atoms with van der Waals surface area (Å²) in [5, 5.41) is 0. The van der Waals surface area contributed by atoms with E-state index in [4.69, 9.17) is 5.73 Å². The lowest BCUT2D eigenvalue weighted by Gasteiger charge is -2.14. The van der Waals surface area contributed by atoms with Crippen LogP contribution < -0.4 is 5.73 Å². The van der Waals surface area contributed by atoms with Crippen molar-refractivity contribution in [3.8, 4) is 0 Å². The molecule has 1 atom stereocenters. The molecule has 0 saturated carbocycles. The molecule has 0 aliphatic rings. The van der Waals surface area contributed by atoms with Gasteiger partial charge in [-0.2, -0.15) is 0 Å². The first-order valence-electron chi connectivity index (χ1n) is 6.71. The van der Waals surface area contributed by atoms with Crippen LogP contribution >= 0.6 is 0 Å². The molecule has 0 bridgehead atoms. The number of rotatable bonds is 4. The molecule has 19 heavy (non-hydrogen) atoms. The predicted octanol–water partition coefficient (Wildman–Crippen LogP) is 4.13. The third-order valence-electron chi connectivity index (χ3n) is 3.30. The van der Waals surface area contributed by atoms with Gasteiger partial charge in [-0.3, -0.25) is 0 Å². The van der Waals surface area contributed by atoms with Gasteiger partial charge in [-0.05, 0) is 47.7 Å². The van der Waals surface area contributed by atoms with E-state index in [1.54, 1.807) is 0 Å². The maximum absolute atomic E-state index is 13.4. The molecular formula is C17H20FN. The van der Waals surface area contributed by atoms with Crippen molar-refractivity contribution in [3.63, 3.8) is 0 Å². The van der Waals surface area contributed by atoms with Gasteiger partial charge in [-0.25, -0.2) is 4.39 Å². The molecule has 2 aromatic rings. The molecule has 2 N–H and O–H groups in total. The zero-order valence-corrected chi connectivity index (χ0v) is 11.5. The lowest BCUT2D eigenvalue weighted by molar-refractivity contribution is 0.622. The summed E-state index contributed by atoms with van der Waals surface area (Å²) in [7, 11) is 0. The van der Waals surface area contributed by atoms with Crippen LogP contribution in [-0.4, -0.2) is 0 Å². The molecule has 0 radical (unpaired) electrons. The minimum absolute atomic E-state index is 0.229. The molecule has 1 unspecified atom stereocenters. The number of hydrogen-bond acceptors (Lipinski definition) is 1. The van der Waals surface area contributed by atoms with Crippen LogP contribution in [0.4, 0.5) is 4.39 Å². The molecule has 0 spiro atoms. The second kappa shape index (κ2) is 5.98. The molecule has 0 fully saturated rings. The largest absolute Gasteiger partial charge is 0.320 e. The fourth-order valence-electron chi connectivity index (χ4n) is 2.32. The second-order valence-corrected chi connectivity index (χ2v) is 5.03. The highest BCUT2D eigenvalue weighted by molar-refractivity contribution is 5.35. The Morgan fingerprint density at radius 2 is 1.74 bits per heavy atom. The summed E-state index contributed by atoms with van der Waals surface area (Å²) in [5.74, 6) is -0.229. The van der Waals surface area contributed by atoms with Crippen LogP contribution in [0.1, 0.15) is 41.6 Å². The lowest BCUT2D eigenvalue weighted by Crippen LogP contribution is -2.12. The fourth-order valence-corrected chi connectivity index (χ4v) is 2.32. The van der Waals surface area contributed by atoms with E-state index in [-0.39, 0.29) is 11.9 Å². The summed E-state index contributed by atoms with van der Waals surface area (Å²) >= 11 is 0. The van der Waals surface area contributed by atoms with Crippen molar-refractivity contribution in [1.82, 2.24) is 0 Å². The maximum Gasteiger partial charge on any atom is 0.123 e. The highest BCUT2D eigenvalue weighted by atomic mass is 19.1. The van der Waals surface area contributed by atoms with E-state index in [0.29, 0.717) is 0 Å². The summed E-state index contributed by atoms with van der Waals surface area (Å²) in [6.07, 6.45) is 2.21. The molecule has 1 nitrogen and oxygen atoms in total. The zero-order valence-electron chi connectivity index (χ0n) is 11.5. The summed E-state index contributed by atoms with van der Waals surface area (Å²) in [6, 6.07) is 13.0. The van der Waals surface area contributed by atoms with Crippen LogP contribution in [-0.2, 0) is 6.42 Å². The van der Waals surface area contributed by atoms with Crippen molar-refractivity contribution in [1.29, 1.82) is 0 Å². The molecule has 0 saturated heterocycles. The normalized spacial score (nSPS) is 12.4. The maximum atomic E-state index is 13.4. The third-order valence-corrected chi connectivity index (χ3v) is 3.30. The molecule has 0 aromatic heterocycles. The van der Waals surface area contributed by atoms with E-state index in [2.05, 4.69) is 19.1 Å². The van der Waals surface area contributed by atoms with Gasteiger partial charge in [0.2, 0.25) is 0 Å². The number of hydrogen-bond donors (Lipinski definition) is 1. The van der Waals surface area contributed by atoms with Crippen LogP contribution in [0.15, 0.2) is 42.5 Å². The number of aryl methyl sites for hydroxylation is 2. The zero-order chi connectivity index (χ0) is 13.8. The Kier molecular flexibility index (Phi) is 4.33. The highest BCUT2D eigenvalue weighted by Crippen LogP contribution is 2.22. The first-order valence-corrected chi connectivity index (χ1v) is 6.71. The minimum Gasteiger partial charge on any atom is -0.320 e. The Balaban J connectivity index is 2.25. The summed E-state index contributed by atoms with van der Waals surface area (Å²) in [5.41, 5.74) is 10.3. The van der Waals surface area contributed by atoms with Crippen molar-refractivity contribution >= 4 is 0 Å². The molecule has 2 aromatic carbocycles. The van der Waals surface area contributed by atoms with Crippen LogP contribution in [0.25, 0.3) is 0 Å². The van der Waals surface area contributed by atoms with Gasteiger partial charge in [0.25, 0.3) is 0 Å². The summed E-state index contributed by atoms with van der Waals surface area (Å²) in [6.45, 7) is 4.04. The Morgan fingerprint density at radius 1 is 1.05 bits per heavy atom. The monoisotopic (exact) mass is 257 g/mol. The molecule has 0 heterocycles. The Bertz CT molecular complexity index is 525. The second-order valence-electron chi connectivity index (χ2n) is 5.03.